The molecule has 0 amide bonds. The molecule has 0 radical (unpaired) electrons. The van der Waals surface area contributed by atoms with Gasteiger partial charge in [-0.15, -0.1) is 0 Å². The number of hydrogen-bond donors (Lipinski definition) is 0. The van der Waals surface area contributed by atoms with Gasteiger partial charge < -0.3 is 0 Å². The van der Waals surface area contributed by atoms with Gasteiger partial charge in [0.05, 0.1) is 11.9 Å². The molecule has 66 valence electrons. The highest BCUT2D eigenvalue weighted by molar-refractivity contribution is 9.09. The summed E-state index contributed by atoms with van der Waals surface area (Å²) in [6, 6.07) is 0. The van der Waals surface area contributed by atoms with Crippen molar-refractivity contribution >= 4 is 27.5 Å². The second kappa shape index (κ2) is 3.71. The van der Waals surface area contributed by atoms with Crippen molar-refractivity contribution < 1.29 is 0 Å². The van der Waals surface area contributed by atoms with Crippen LogP contribution in [0.1, 0.15) is 19.5 Å². The molecule has 0 atom stereocenters. The van der Waals surface area contributed by atoms with Crippen molar-refractivity contribution in [3.8, 4) is 0 Å². The quantitative estimate of drug-likeness (QED) is 0.753. The Kier molecular flexibility index (Phi) is 3.07. The SMILES string of the molecule is CC(C)(CBr)c1cncc(Cl)n1. The van der Waals surface area contributed by atoms with Crippen LogP contribution in [0.3, 0.4) is 0 Å². The number of hydrogen-bond acceptors (Lipinski definition) is 2. The highest BCUT2D eigenvalue weighted by Gasteiger charge is 2.20. The van der Waals surface area contributed by atoms with Gasteiger partial charge in [0.1, 0.15) is 5.15 Å². The van der Waals surface area contributed by atoms with Gasteiger partial charge in [0.2, 0.25) is 0 Å². The normalized spacial score (nSPS) is 11.7. The lowest BCUT2D eigenvalue weighted by molar-refractivity contribution is 0.581. The minimum Gasteiger partial charge on any atom is -0.260 e. The fourth-order valence-corrected chi connectivity index (χ4v) is 1.17. The smallest absolute Gasteiger partial charge is 0.147 e. The lowest BCUT2D eigenvalue weighted by atomic mass is 9.93. The molecule has 2 nitrogen and oxygen atoms in total. The third kappa shape index (κ3) is 2.17. The van der Waals surface area contributed by atoms with Crippen LogP contribution >= 0.6 is 27.5 Å². The van der Waals surface area contributed by atoms with Crippen LogP contribution in [0.15, 0.2) is 12.4 Å². The predicted octanol–water partition coefficient (Wildman–Crippen LogP) is 2.80. The molecule has 0 aliphatic heterocycles. The number of nitrogens with zero attached hydrogens (tertiary/aromatic N) is 2. The summed E-state index contributed by atoms with van der Waals surface area (Å²) in [6.07, 6.45) is 3.28. The maximum absolute atomic E-state index is 5.72. The van der Waals surface area contributed by atoms with E-state index >= 15 is 0 Å². The van der Waals surface area contributed by atoms with Crippen LogP contribution in [0.25, 0.3) is 0 Å². The zero-order chi connectivity index (χ0) is 9.19. The molecular weight excluding hydrogens is 239 g/mol. The van der Waals surface area contributed by atoms with Crippen LogP contribution in [-0.4, -0.2) is 15.3 Å². The van der Waals surface area contributed by atoms with Crippen molar-refractivity contribution in [1.29, 1.82) is 0 Å². The Bertz CT molecular complexity index is 276. The van der Waals surface area contributed by atoms with Crippen LogP contribution in [0.4, 0.5) is 0 Å². The Hall–Kier alpha value is -0.150. The number of alkyl halides is 1. The lowest BCUT2D eigenvalue weighted by Gasteiger charge is -2.19. The van der Waals surface area contributed by atoms with Crippen molar-refractivity contribution in [3.05, 3.63) is 23.2 Å². The predicted molar refractivity (Wildman–Crippen MR) is 53.9 cm³/mol. The van der Waals surface area contributed by atoms with Crippen molar-refractivity contribution in [2.75, 3.05) is 5.33 Å². The third-order valence-electron chi connectivity index (χ3n) is 1.63. The van der Waals surface area contributed by atoms with Crippen molar-refractivity contribution in [3.63, 3.8) is 0 Å². The molecule has 1 aromatic heterocycles. The number of halogens is 2. The second-order valence-corrected chi connectivity index (χ2v) is 4.19. The van der Waals surface area contributed by atoms with E-state index in [1.54, 1.807) is 6.20 Å². The zero-order valence-electron chi connectivity index (χ0n) is 7.01. The van der Waals surface area contributed by atoms with Crippen molar-refractivity contribution in [2.45, 2.75) is 19.3 Å². The molecule has 0 aromatic carbocycles. The van der Waals surface area contributed by atoms with Gasteiger partial charge >= 0.3 is 0 Å². The lowest BCUT2D eigenvalue weighted by Crippen LogP contribution is -2.20. The van der Waals surface area contributed by atoms with Crippen LogP contribution in [-0.2, 0) is 5.41 Å². The summed E-state index contributed by atoms with van der Waals surface area (Å²) in [7, 11) is 0. The maximum Gasteiger partial charge on any atom is 0.147 e. The summed E-state index contributed by atoms with van der Waals surface area (Å²) < 4.78 is 0. The van der Waals surface area contributed by atoms with E-state index in [9.17, 15) is 0 Å². The van der Waals surface area contributed by atoms with E-state index in [1.807, 2.05) is 0 Å². The molecule has 1 rings (SSSR count). The van der Waals surface area contributed by atoms with Gasteiger partial charge in [-0.05, 0) is 0 Å². The van der Waals surface area contributed by atoms with E-state index < -0.39 is 0 Å². The number of aromatic nitrogens is 2. The Morgan fingerprint density at radius 3 is 2.67 bits per heavy atom. The summed E-state index contributed by atoms with van der Waals surface area (Å²) >= 11 is 9.14. The zero-order valence-corrected chi connectivity index (χ0v) is 9.35. The number of rotatable bonds is 2. The van der Waals surface area contributed by atoms with E-state index in [1.165, 1.54) is 6.20 Å². The average molecular weight is 250 g/mol. The molecule has 0 spiro atoms. The topological polar surface area (TPSA) is 25.8 Å². The molecule has 0 aliphatic carbocycles. The van der Waals surface area contributed by atoms with Crippen LogP contribution in [0.2, 0.25) is 5.15 Å². The average Bonchev–Trinajstić information content (AvgIpc) is 2.05. The molecule has 0 saturated heterocycles. The fraction of sp³-hybridized carbons (Fsp3) is 0.500. The Morgan fingerprint density at radius 1 is 1.50 bits per heavy atom. The largest absolute Gasteiger partial charge is 0.260 e. The van der Waals surface area contributed by atoms with E-state index in [0.29, 0.717) is 5.15 Å². The van der Waals surface area contributed by atoms with Crippen molar-refractivity contribution in [1.82, 2.24) is 9.97 Å². The minimum atomic E-state index is -0.0160. The van der Waals surface area contributed by atoms with E-state index in [2.05, 4.69) is 39.7 Å². The van der Waals surface area contributed by atoms with Gasteiger partial charge in [-0.25, -0.2) is 4.98 Å². The van der Waals surface area contributed by atoms with Crippen LogP contribution in [0.5, 0.6) is 0 Å². The maximum atomic E-state index is 5.72. The van der Waals surface area contributed by atoms with Gasteiger partial charge in [0.25, 0.3) is 0 Å². The minimum absolute atomic E-state index is 0.0160. The Labute approximate surface area is 85.5 Å². The summed E-state index contributed by atoms with van der Waals surface area (Å²) in [4.78, 5) is 8.17. The van der Waals surface area contributed by atoms with Gasteiger partial charge in [-0.1, -0.05) is 41.4 Å². The summed E-state index contributed by atoms with van der Waals surface area (Å²) in [5.41, 5.74) is 0.893. The van der Waals surface area contributed by atoms with Gasteiger partial charge in [-0.2, -0.15) is 0 Å². The Morgan fingerprint density at radius 2 is 2.17 bits per heavy atom. The summed E-state index contributed by atoms with van der Waals surface area (Å²) in [5.74, 6) is 0. The molecular formula is C8H10BrClN2. The Balaban J connectivity index is 3.03. The van der Waals surface area contributed by atoms with Gasteiger partial charge in [-0.3, -0.25) is 4.98 Å². The monoisotopic (exact) mass is 248 g/mol. The first kappa shape index (κ1) is 9.93. The highest BCUT2D eigenvalue weighted by atomic mass is 79.9. The molecule has 0 unspecified atom stereocenters. The molecule has 1 heterocycles. The van der Waals surface area contributed by atoms with Crippen LogP contribution in [0, 0.1) is 0 Å². The van der Waals surface area contributed by atoms with Gasteiger partial charge in [0, 0.05) is 16.9 Å². The molecule has 0 N–H and O–H groups in total. The van der Waals surface area contributed by atoms with Gasteiger partial charge in [0.15, 0.2) is 0 Å². The standard InChI is InChI=1S/C8H10BrClN2/c1-8(2,5-9)6-3-11-4-7(10)12-6/h3-4H,5H2,1-2H3. The molecule has 0 bridgehead atoms. The summed E-state index contributed by atoms with van der Waals surface area (Å²) in [6.45, 7) is 4.17. The third-order valence-corrected chi connectivity index (χ3v) is 3.22. The molecule has 1 aromatic rings. The molecule has 4 heteroatoms. The highest BCUT2D eigenvalue weighted by Crippen LogP contribution is 2.23. The molecule has 0 fully saturated rings. The molecule has 0 aliphatic rings. The first-order chi connectivity index (χ1) is 5.56. The fourth-order valence-electron chi connectivity index (χ4n) is 0.737. The van der Waals surface area contributed by atoms with E-state index in [-0.39, 0.29) is 5.41 Å². The van der Waals surface area contributed by atoms with E-state index in [0.717, 1.165) is 11.0 Å². The first-order valence-electron chi connectivity index (χ1n) is 3.60. The van der Waals surface area contributed by atoms with E-state index in [4.69, 9.17) is 11.6 Å². The van der Waals surface area contributed by atoms with Crippen LogP contribution < -0.4 is 0 Å². The molecule has 0 saturated carbocycles. The second-order valence-electron chi connectivity index (χ2n) is 3.24. The molecule has 12 heavy (non-hydrogen) atoms. The summed E-state index contributed by atoms with van der Waals surface area (Å²) in [5, 5.41) is 1.29. The first-order valence-corrected chi connectivity index (χ1v) is 5.10. The van der Waals surface area contributed by atoms with Crippen molar-refractivity contribution in [2.24, 2.45) is 0 Å².